The molecule has 0 aromatic rings. The van der Waals surface area contributed by atoms with Crippen LogP contribution >= 0.6 is 20.4 Å². The van der Waals surface area contributed by atoms with Gasteiger partial charge < -0.3 is 0 Å². The highest BCUT2D eigenvalue weighted by Gasteiger charge is 1.78. The van der Waals surface area contributed by atoms with Gasteiger partial charge in [-0.25, -0.2) is 5.84 Å². The van der Waals surface area contributed by atoms with E-state index in [0.29, 0.717) is 4.30 Å². The summed E-state index contributed by atoms with van der Waals surface area (Å²) in [5.74, 6) is 4.57. The Bertz CT molecular complexity index is 36.6. The third-order valence-corrected chi connectivity index (χ3v) is 0.419. The summed E-state index contributed by atoms with van der Waals surface area (Å²) >= 11 is 4.75. The fraction of sp³-hybridized carbons (Fsp3) is 0. The second-order valence-corrected chi connectivity index (χ2v) is 1.56. The molecule has 0 saturated carbocycles. The first-order chi connectivity index (χ1) is 2.27. The SMILES string of the molecule is NN(Cl)P=O. The van der Waals surface area contributed by atoms with Crippen LogP contribution in [-0.4, -0.2) is 4.30 Å². The predicted octanol–water partition coefficient (Wildman–Crippen LogP) is 0.523. The maximum Gasteiger partial charge on any atom is 0.280 e. The molecule has 0 spiro atoms. The number of halogens is 1. The molecule has 0 aliphatic heterocycles. The van der Waals surface area contributed by atoms with Gasteiger partial charge in [0.25, 0.3) is 8.61 Å². The summed E-state index contributed by atoms with van der Waals surface area (Å²) in [7, 11) is -0.377. The molecule has 0 bridgehead atoms. The number of hydrogen-bond donors (Lipinski definition) is 1. The molecule has 0 aliphatic rings. The first kappa shape index (κ1) is 5.31. The van der Waals surface area contributed by atoms with Gasteiger partial charge in [-0.2, -0.15) is 0 Å². The van der Waals surface area contributed by atoms with Gasteiger partial charge in [0.15, 0.2) is 0 Å². The highest BCUT2D eigenvalue weighted by Crippen LogP contribution is 1.96. The topological polar surface area (TPSA) is 46.3 Å². The zero-order valence-corrected chi connectivity index (χ0v) is 3.91. The van der Waals surface area contributed by atoms with Crippen molar-refractivity contribution in [2.45, 2.75) is 0 Å². The van der Waals surface area contributed by atoms with Gasteiger partial charge in [0.05, 0.1) is 0 Å². The van der Waals surface area contributed by atoms with E-state index in [1.54, 1.807) is 0 Å². The van der Waals surface area contributed by atoms with Gasteiger partial charge in [0.2, 0.25) is 0 Å². The molecule has 5 heavy (non-hydrogen) atoms. The summed E-state index contributed by atoms with van der Waals surface area (Å²) in [5.41, 5.74) is 0. The standard InChI is InChI=1S/ClH2N2OP/c1-3(2)5-4/h2H2. The number of hydrogen-bond acceptors (Lipinski definition) is 2. The van der Waals surface area contributed by atoms with Crippen molar-refractivity contribution in [1.82, 2.24) is 4.30 Å². The molecule has 0 saturated heterocycles. The molecule has 5 heteroatoms. The molecular formula is H2ClN2OP. The van der Waals surface area contributed by atoms with Gasteiger partial charge in [0.1, 0.15) is 0 Å². The van der Waals surface area contributed by atoms with Crippen molar-refractivity contribution in [3.05, 3.63) is 0 Å². The Morgan fingerprint density at radius 1 is 2.00 bits per heavy atom. The molecule has 30 valence electrons. The van der Waals surface area contributed by atoms with Crippen LogP contribution in [0.1, 0.15) is 0 Å². The van der Waals surface area contributed by atoms with Gasteiger partial charge in [-0.15, -0.1) is 0 Å². The Kier molecular flexibility index (Phi) is 2.70. The largest absolute Gasteiger partial charge is 0.280 e. The van der Waals surface area contributed by atoms with Gasteiger partial charge in [-0.1, -0.05) is 4.30 Å². The lowest BCUT2D eigenvalue weighted by atomic mass is 13.0. The van der Waals surface area contributed by atoms with Crippen LogP contribution in [0.15, 0.2) is 0 Å². The fourth-order valence-corrected chi connectivity index (χ4v) is 0. The summed E-state index contributed by atoms with van der Waals surface area (Å²) < 4.78 is 9.78. The number of nitrogens with two attached hydrogens (primary N) is 1. The normalized spacial score (nSPS) is 10.2. The molecule has 0 heterocycles. The zero-order valence-electron chi connectivity index (χ0n) is 2.26. The molecule has 0 radical (unpaired) electrons. The highest BCUT2D eigenvalue weighted by atomic mass is 35.5. The van der Waals surface area contributed by atoms with Crippen molar-refractivity contribution in [3.63, 3.8) is 0 Å². The van der Waals surface area contributed by atoms with E-state index in [-0.39, 0.29) is 8.61 Å². The van der Waals surface area contributed by atoms with E-state index in [4.69, 9.17) is 11.8 Å². The summed E-state index contributed by atoms with van der Waals surface area (Å²) in [6.45, 7) is 0. The predicted molar refractivity (Wildman–Crippen MR) is 19.5 cm³/mol. The van der Waals surface area contributed by atoms with Gasteiger partial charge >= 0.3 is 0 Å². The average Bonchev–Trinajstić information content (AvgIpc) is 1.38. The molecule has 0 aromatic carbocycles. The molecular weight excluding hydrogens is 110 g/mol. The van der Waals surface area contributed by atoms with E-state index >= 15 is 0 Å². The van der Waals surface area contributed by atoms with Crippen LogP contribution in [0.4, 0.5) is 0 Å². The Labute approximate surface area is 36.0 Å². The summed E-state index contributed by atoms with van der Waals surface area (Å²) in [6, 6.07) is 0. The molecule has 3 nitrogen and oxygen atoms in total. The van der Waals surface area contributed by atoms with E-state index in [9.17, 15) is 4.57 Å². The second-order valence-electron chi connectivity index (χ2n) is 0.370. The van der Waals surface area contributed by atoms with Crippen LogP contribution in [0.5, 0.6) is 0 Å². The van der Waals surface area contributed by atoms with E-state index < -0.39 is 0 Å². The molecule has 0 fully saturated rings. The molecule has 0 rings (SSSR count). The van der Waals surface area contributed by atoms with Crippen molar-refractivity contribution in [2.24, 2.45) is 5.84 Å². The molecule has 0 atom stereocenters. The van der Waals surface area contributed by atoms with E-state index in [2.05, 4.69) is 5.84 Å². The lowest BCUT2D eigenvalue weighted by Crippen LogP contribution is -2.04. The summed E-state index contributed by atoms with van der Waals surface area (Å²) in [4.78, 5) is 0. The van der Waals surface area contributed by atoms with Gasteiger partial charge in [-0.3, -0.25) is 4.57 Å². The minimum atomic E-state index is -0.377. The Morgan fingerprint density at radius 2 is 2.20 bits per heavy atom. The Morgan fingerprint density at radius 3 is 2.20 bits per heavy atom. The Hall–Kier alpha value is 0.310. The lowest BCUT2D eigenvalue weighted by Gasteiger charge is -1.82. The maximum atomic E-state index is 9.27. The van der Waals surface area contributed by atoms with E-state index in [1.165, 1.54) is 0 Å². The van der Waals surface area contributed by atoms with E-state index in [0.717, 1.165) is 0 Å². The monoisotopic (exact) mass is 112 g/mol. The number of nitrogens with zero attached hydrogens (tertiary/aromatic N) is 1. The fourth-order valence-electron chi connectivity index (χ4n) is 0. The molecule has 2 N–H and O–H groups in total. The maximum absolute atomic E-state index is 9.27. The second kappa shape index (κ2) is 2.54. The van der Waals surface area contributed by atoms with E-state index in [1.807, 2.05) is 0 Å². The van der Waals surface area contributed by atoms with Crippen molar-refractivity contribution < 1.29 is 4.57 Å². The molecule has 0 unspecified atom stereocenters. The van der Waals surface area contributed by atoms with Crippen molar-refractivity contribution >= 4 is 20.4 Å². The Balaban J connectivity index is 2.83. The van der Waals surface area contributed by atoms with Crippen LogP contribution in [-0.2, 0) is 4.57 Å². The van der Waals surface area contributed by atoms with Crippen LogP contribution < -0.4 is 5.84 Å². The van der Waals surface area contributed by atoms with Crippen molar-refractivity contribution in [2.75, 3.05) is 0 Å². The van der Waals surface area contributed by atoms with Crippen LogP contribution in [0, 0.1) is 0 Å². The lowest BCUT2D eigenvalue weighted by molar-refractivity contribution is 0.570. The summed E-state index contributed by atoms with van der Waals surface area (Å²) in [5, 5.41) is 0. The number of hydrazine groups is 1. The average molecular weight is 112 g/mol. The van der Waals surface area contributed by atoms with Crippen LogP contribution in [0.25, 0.3) is 0 Å². The smallest absolute Gasteiger partial charge is 0.253 e. The van der Waals surface area contributed by atoms with Gasteiger partial charge in [-0.05, 0) is 0 Å². The first-order valence-electron chi connectivity index (χ1n) is 0.810. The zero-order chi connectivity index (χ0) is 4.28. The third kappa shape index (κ3) is 4.31. The van der Waals surface area contributed by atoms with Crippen molar-refractivity contribution in [3.8, 4) is 0 Å². The van der Waals surface area contributed by atoms with Gasteiger partial charge in [0, 0.05) is 11.8 Å². The molecule has 0 aromatic heterocycles. The van der Waals surface area contributed by atoms with Crippen LogP contribution in [0.2, 0.25) is 0 Å². The quantitative estimate of drug-likeness (QED) is 0.233. The minimum Gasteiger partial charge on any atom is -0.253 e. The number of rotatable bonds is 1. The third-order valence-electron chi connectivity index (χ3n) is 0.0780. The van der Waals surface area contributed by atoms with Crippen molar-refractivity contribution in [1.29, 1.82) is 0 Å². The highest BCUT2D eigenvalue weighted by molar-refractivity contribution is 7.22. The summed E-state index contributed by atoms with van der Waals surface area (Å²) in [6.07, 6.45) is 0. The van der Waals surface area contributed by atoms with Crippen LogP contribution in [0.3, 0.4) is 0 Å². The molecule has 0 amide bonds. The molecule has 0 aliphatic carbocycles. The first-order valence-corrected chi connectivity index (χ1v) is 1.91. The minimum absolute atomic E-state index is 0.377.